The first kappa shape index (κ1) is 38.1. The Morgan fingerprint density at radius 3 is 1.35 bits per heavy atom. The van der Waals surface area contributed by atoms with Gasteiger partial charge in [-0.15, -0.1) is 0 Å². The fourth-order valence-electron chi connectivity index (χ4n) is 10.8. The number of hydrogen-bond donors (Lipinski definition) is 0. The second-order valence-electron chi connectivity index (χ2n) is 16.9. The van der Waals surface area contributed by atoms with Crippen LogP contribution in [0.2, 0.25) is 0 Å². The zero-order valence-electron chi connectivity index (χ0n) is 34.8. The number of benzene rings is 12. The molecule has 66 heavy (non-hydrogen) atoms. The van der Waals surface area contributed by atoms with E-state index in [-0.39, 0.29) is 5.56 Å². The highest BCUT2D eigenvalue weighted by Crippen LogP contribution is 2.51. The predicted octanol–water partition coefficient (Wildman–Crippen LogP) is 17.4. The highest BCUT2D eigenvalue weighted by molar-refractivity contribution is 6.38. The molecule has 0 saturated carbocycles. The molecular weight excluding hydrogens is 830 g/mol. The fraction of sp³-hybridized carbons (Fsp3) is 0. The Bertz CT molecular complexity index is 4130. The third kappa shape index (κ3) is 5.27. The molecule has 0 atom stereocenters. The van der Waals surface area contributed by atoms with Crippen molar-refractivity contribution in [3.05, 3.63) is 223 Å². The minimum Gasteiger partial charge on any atom is -0.309 e. The SMILES string of the molecule is Fc1c(F)c(F)c(-c2ccc(-n3c4ccccc4c4c5ccccc5c5cc(-c6c7ccccc7c(-c7cccc8ccccc78)c7ccccc67)c6ccccc6c5c43)cc2)c(F)c1F. The summed E-state index contributed by atoms with van der Waals surface area (Å²) in [5.74, 6) is -9.91. The summed E-state index contributed by atoms with van der Waals surface area (Å²) in [6.45, 7) is 0. The lowest BCUT2D eigenvalue weighted by Crippen LogP contribution is -2.04. The van der Waals surface area contributed by atoms with Gasteiger partial charge in [0.25, 0.3) is 0 Å². The van der Waals surface area contributed by atoms with Gasteiger partial charge in [0.1, 0.15) is 0 Å². The molecule has 0 N–H and O–H groups in total. The average molecular weight is 862 g/mol. The van der Waals surface area contributed by atoms with Crippen LogP contribution in [0.4, 0.5) is 22.0 Å². The van der Waals surface area contributed by atoms with Crippen LogP contribution in [-0.2, 0) is 0 Å². The molecule has 312 valence electrons. The predicted molar refractivity (Wildman–Crippen MR) is 262 cm³/mol. The van der Waals surface area contributed by atoms with Crippen LogP contribution in [-0.4, -0.2) is 4.57 Å². The van der Waals surface area contributed by atoms with Crippen LogP contribution in [0.3, 0.4) is 0 Å². The Morgan fingerprint density at radius 2 is 0.727 bits per heavy atom. The summed E-state index contributed by atoms with van der Waals surface area (Å²) >= 11 is 0. The van der Waals surface area contributed by atoms with Gasteiger partial charge in [0.2, 0.25) is 5.82 Å². The minimum atomic E-state index is -2.19. The highest BCUT2D eigenvalue weighted by atomic mass is 19.2. The van der Waals surface area contributed by atoms with Gasteiger partial charge in [-0.05, 0) is 111 Å². The summed E-state index contributed by atoms with van der Waals surface area (Å²) in [6, 6.07) is 66.1. The molecule has 0 spiro atoms. The molecule has 0 amide bonds. The van der Waals surface area contributed by atoms with Crippen molar-refractivity contribution in [1.29, 1.82) is 0 Å². The first-order valence-corrected chi connectivity index (χ1v) is 21.7. The molecule has 0 aliphatic heterocycles. The lowest BCUT2D eigenvalue weighted by molar-refractivity contribution is 0.381. The summed E-state index contributed by atoms with van der Waals surface area (Å²) < 4.78 is 75.2. The van der Waals surface area contributed by atoms with Gasteiger partial charge < -0.3 is 4.57 Å². The second-order valence-corrected chi connectivity index (χ2v) is 16.9. The number of rotatable bonds is 4. The summed E-state index contributed by atoms with van der Waals surface area (Å²) in [5.41, 5.74) is 5.96. The molecule has 0 fully saturated rings. The fourth-order valence-corrected chi connectivity index (χ4v) is 10.8. The number of para-hydroxylation sites is 1. The van der Waals surface area contributed by atoms with E-state index in [1.54, 1.807) is 12.1 Å². The third-order valence-electron chi connectivity index (χ3n) is 13.5. The normalized spacial score (nSPS) is 12.0. The Kier molecular flexibility index (Phi) is 8.28. The second kappa shape index (κ2) is 14.3. The van der Waals surface area contributed by atoms with Gasteiger partial charge >= 0.3 is 0 Å². The number of nitrogens with zero attached hydrogens (tertiary/aromatic N) is 1. The lowest BCUT2D eigenvalue weighted by atomic mass is 9.82. The van der Waals surface area contributed by atoms with Crippen LogP contribution in [0.1, 0.15) is 0 Å². The zero-order chi connectivity index (χ0) is 44.4. The van der Waals surface area contributed by atoms with Gasteiger partial charge in [0.15, 0.2) is 23.3 Å². The summed E-state index contributed by atoms with van der Waals surface area (Å²) in [7, 11) is 0. The molecule has 0 bridgehead atoms. The maximum atomic E-state index is 15.1. The Morgan fingerprint density at radius 1 is 0.288 bits per heavy atom. The topological polar surface area (TPSA) is 4.93 Å². The van der Waals surface area contributed by atoms with Crippen molar-refractivity contribution >= 4 is 86.4 Å². The van der Waals surface area contributed by atoms with E-state index < -0.39 is 34.6 Å². The maximum absolute atomic E-state index is 15.1. The van der Waals surface area contributed by atoms with E-state index in [2.05, 4.69) is 150 Å². The third-order valence-corrected chi connectivity index (χ3v) is 13.5. The Labute approximate surface area is 373 Å². The molecule has 0 saturated heterocycles. The van der Waals surface area contributed by atoms with Crippen LogP contribution >= 0.6 is 0 Å². The van der Waals surface area contributed by atoms with Gasteiger partial charge in [-0.3, -0.25) is 0 Å². The van der Waals surface area contributed by atoms with Crippen molar-refractivity contribution in [3.63, 3.8) is 0 Å². The van der Waals surface area contributed by atoms with Gasteiger partial charge in [0.05, 0.1) is 16.6 Å². The molecule has 0 aliphatic rings. The van der Waals surface area contributed by atoms with E-state index in [1.807, 2.05) is 24.3 Å². The first-order chi connectivity index (χ1) is 32.4. The van der Waals surface area contributed by atoms with Crippen LogP contribution < -0.4 is 0 Å². The summed E-state index contributed by atoms with van der Waals surface area (Å²) in [4.78, 5) is 0. The van der Waals surface area contributed by atoms with Gasteiger partial charge in [0, 0.05) is 21.8 Å². The van der Waals surface area contributed by atoms with E-state index in [0.717, 1.165) is 86.8 Å². The first-order valence-electron chi connectivity index (χ1n) is 21.7. The van der Waals surface area contributed by atoms with Gasteiger partial charge in [-0.1, -0.05) is 170 Å². The highest BCUT2D eigenvalue weighted by Gasteiger charge is 2.28. The monoisotopic (exact) mass is 861 g/mol. The minimum absolute atomic E-state index is 0.136. The van der Waals surface area contributed by atoms with Gasteiger partial charge in [-0.25, -0.2) is 22.0 Å². The molecule has 6 heteroatoms. The number of aromatic nitrogens is 1. The molecule has 0 aliphatic carbocycles. The molecule has 13 rings (SSSR count). The zero-order valence-corrected chi connectivity index (χ0v) is 34.8. The van der Waals surface area contributed by atoms with Crippen molar-refractivity contribution in [1.82, 2.24) is 4.57 Å². The molecule has 0 radical (unpaired) electrons. The molecule has 12 aromatic carbocycles. The Balaban J connectivity index is 1.15. The van der Waals surface area contributed by atoms with E-state index in [1.165, 1.54) is 34.0 Å². The molecular formula is C60H32F5N. The van der Waals surface area contributed by atoms with Crippen LogP contribution in [0.5, 0.6) is 0 Å². The maximum Gasteiger partial charge on any atom is 0.200 e. The number of fused-ring (bicyclic) bond motifs is 13. The van der Waals surface area contributed by atoms with Crippen molar-refractivity contribution < 1.29 is 22.0 Å². The van der Waals surface area contributed by atoms with Crippen LogP contribution in [0, 0.1) is 29.1 Å². The molecule has 13 aromatic rings. The lowest BCUT2D eigenvalue weighted by Gasteiger charge is -2.21. The standard InChI is InChI=1S/C60H32F5N/c61-55-50(56(62)58(64)59(65)57(55)63)34-28-30-35(31-29-34)66-49-27-12-11-25-46(49)53-40-19-5-4-18-38(40)48-32-47(37-17-3-6-20-41(37)54(48)60(53)66)52-44-23-9-7-21-42(44)51(43-22-8-10-24-45(43)52)39-26-13-15-33-14-1-2-16-36(33)39/h1-32H. The summed E-state index contributed by atoms with van der Waals surface area (Å²) in [5, 5.41) is 15.3. The van der Waals surface area contributed by atoms with Crippen LogP contribution in [0.15, 0.2) is 194 Å². The number of halogens is 5. The number of hydrogen-bond acceptors (Lipinski definition) is 0. The van der Waals surface area contributed by atoms with Crippen LogP contribution in [0.25, 0.3) is 126 Å². The van der Waals surface area contributed by atoms with E-state index in [0.29, 0.717) is 5.69 Å². The van der Waals surface area contributed by atoms with Crippen molar-refractivity contribution in [2.45, 2.75) is 0 Å². The van der Waals surface area contributed by atoms with Crippen molar-refractivity contribution in [3.8, 4) is 39.1 Å². The molecule has 1 aromatic heterocycles. The summed E-state index contributed by atoms with van der Waals surface area (Å²) in [6.07, 6.45) is 0. The van der Waals surface area contributed by atoms with Gasteiger partial charge in [-0.2, -0.15) is 0 Å². The Hall–Kier alpha value is -8.35. The van der Waals surface area contributed by atoms with Crippen molar-refractivity contribution in [2.75, 3.05) is 0 Å². The quantitative estimate of drug-likeness (QED) is 0.0546. The smallest absolute Gasteiger partial charge is 0.200 e. The molecule has 1 heterocycles. The average Bonchev–Trinajstić information content (AvgIpc) is 3.72. The van der Waals surface area contributed by atoms with E-state index in [9.17, 15) is 13.2 Å². The molecule has 0 unspecified atom stereocenters. The largest absolute Gasteiger partial charge is 0.309 e. The van der Waals surface area contributed by atoms with E-state index >= 15 is 8.78 Å². The van der Waals surface area contributed by atoms with E-state index in [4.69, 9.17) is 0 Å². The van der Waals surface area contributed by atoms with Crippen molar-refractivity contribution in [2.24, 2.45) is 0 Å². The molecule has 1 nitrogen and oxygen atoms in total.